The van der Waals surface area contributed by atoms with Crippen molar-refractivity contribution < 1.29 is 19.1 Å². The topological polar surface area (TPSA) is 114 Å². The van der Waals surface area contributed by atoms with Crippen LogP contribution in [0.2, 0.25) is 0 Å². The molecule has 2 rings (SSSR count). The Labute approximate surface area is 182 Å². The van der Waals surface area contributed by atoms with Crippen molar-refractivity contribution in [3.63, 3.8) is 0 Å². The summed E-state index contributed by atoms with van der Waals surface area (Å²) in [6, 6.07) is 8.47. The van der Waals surface area contributed by atoms with Crippen molar-refractivity contribution >= 4 is 17.9 Å². The summed E-state index contributed by atoms with van der Waals surface area (Å²) in [4.78, 5) is 35.6. The van der Waals surface area contributed by atoms with Crippen molar-refractivity contribution in [2.75, 3.05) is 13.2 Å². The first-order chi connectivity index (χ1) is 14.7. The molecule has 0 aliphatic carbocycles. The molecule has 2 aromatic rings. The van der Waals surface area contributed by atoms with Gasteiger partial charge in [-0.25, -0.2) is 9.59 Å². The van der Waals surface area contributed by atoms with Crippen molar-refractivity contribution in [3.05, 3.63) is 52.8 Å². The van der Waals surface area contributed by atoms with E-state index in [1.165, 1.54) is 0 Å². The van der Waals surface area contributed by atoms with Crippen LogP contribution in [-0.4, -0.2) is 46.9 Å². The Hall–Kier alpha value is -3.36. The fourth-order valence-electron chi connectivity index (χ4n) is 2.88. The summed E-state index contributed by atoms with van der Waals surface area (Å²) < 4.78 is 6.96. The van der Waals surface area contributed by atoms with E-state index in [1.807, 2.05) is 38.4 Å². The van der Waals surface area contributed by atoms with Crippen LogP contribution in [0.25, 0.3) is 0 Å². The number of carbonyl (C=O) groups excluding carboxylic acids is 3. The highest BCUT2D eigenvalue weighted by Crippen LogP contribution is 2.06. The molecule has 0 saturated carbocycles. The molecular weight excluding hydrogens is 398 g/mol. The minimum atomic E-state index is -0.574. The van der Waals surface area contributed by atoms with Gasteiger partial charge in [0.25, 0.3) is 5.91 Å². The van der Waals surface area contributed by atoms with Crippen LogP contribution in [0.3, 0.4) is 0 Å². The number of nitrogens with zero attached hydrogens (tertiary/aromatic N) is 2. The van der Waals surface area contributed by atoms with Gasteiger partial charge in [-0.15, -0.1) is 0 Å². The summed E-state index contributed by atoms with van der Waals surface area (Å²) >= 11 is 0. The van der Waals surface area contributed by atoms with Gasteiger partial charge < -0.3 is 20.7 Å². The summed E-state index contributed by atoms with van der Waals surface area (Å²) in [5.74, 6) is -0.923. The van der Waals surface area contributed by atoms with Gasteiger partial charge in [0.15, 0.2) is 6.61 Å². The molecule has 0 unspecified atom stereocenters. The second-order valence-electron chi connectivity index (χ2n) is 7.61. The van der Waals surface area contributed by atoms with E-state index >= 15 is 0 Å². The third-order valence-electron chi connectivity index (χ3n) is 4.37. The van der Waals surface area contributed by atoms with Gasteiger partial charge in [0.1, 0.15) is 0 Å². The number of aromatic nitrogens is 2. The van der Waals surface area contributed by atoms with Crippen LogP contribution < -0.4 is 16.0 Å². The number of nitrogens with one attached hydrogen (secondary N) is 3. The molecule has 9 nitrogen and oxygen atoms in total. The third kappa shape index (κ3) is 8.49. The predicted molar refractivity (Wildman–Crippen MR) is 117 cm³/mol. The lowest BCUT2D eigenvalue weighted by Crippen LogP contribution is -2.39. The maximum atomic E-state index is 12.1. The van der Waals surface area contributed by atoms with Gasteiger partial charge in [-0.1, -0.05) is 12.1 Å². The van der Waals surface area contributed by atoms with Crippen LogP contribution in [0.4, 0.5) is 4.79 Å². The summed E-state index contributed by atoms with van der Waals surface area (Å²) in [6.07, 6.45) is 0.729. The first kappa shape index (κ1) is 23.9. The molecule has 168 valence electrons. The minimum Gasteiger partial charge on any atom is -0.452 e. The molecule has 31 heavy (non-hydrogen) atoms. The number of benzene rings is 1. The number of carbonyl (C=O) groups is 3. The van der Waals surface area contributed by atoms with Crippen molar-refractivity contribution in [3.8, 4) is 0 Å². The Morgan fingerprint density at radius 1 is 1.10 bits per heavy atom. The molecule has 3 N–H and O–H groups in total. The van der Waals surface area contributed by atoms with E-state index in [0.29, 0.717) is 25.2 Å². The maximum Gasteiger partial charge on any atom is 0.338 e. The van der Waals surface area contributed by atoms with Gasteiger partial charge in [0, 0.05) is 31.4 Å². The lowest BCUT2D eigenvalue weighted by atomic mass is 10.1. The lowest BCUT2D eigenvalue weighted by molar-refractivity contribution is -0.124. The Morgan fingerprint density at radius 3 is 2.42 bits per heavy atom. The largest absolute Gasteiger partial charge is 0.452 e. The summed E-state index contributed by atoms with van der Waals surface area (Å²) in [7, 11) is 0. The van der Waals surface area contributed by atoms with E-state index < -0.39 is 5.97 Å². The summed E-state index contributed by atoms with van der Waals surface area (Å²) in [6.45, 7) is 8.87. The van der Waals surface area contributed by atoms with Crippen LogP contribution in [0.1, 0.15) is 47.6 Å². The number of urea groups is 1. The van der Waals surface area contributed by atoms with E-state index in [4.69, 9.17) is 4.74 Å². The quantitative estimate of drug-likeness (QED) is 0.395. The minimum absolute atomic E-state index is 0.0548. The molecule has 0 saturated heterocycles. The predicted octanol–water partition coefficient (Wildman–Crippen LogP) is 2.07. The Morgan fingerprint density at radius 2 is 1.81 bits per heavy atom. The molecule has 0 aliphatic rings. The zero-order valence-electron chi connectivity index (χ0n) is 18.5. The molecular formula is C22H31N5O4. The molecule has 0 aliphatic heterocycles. The van der Waals surface area contributed by atoms with Crippen molar-refractivity contribution in [2.24, 2.45) is 0 Å². The zero-order chi connectivity index (χ0) is 22.8. The number of amides is 3. The van der Waals surface area contributed by atoms with E-state index in [2.05, 4.69) is 21.0 Å². The van der Waals surface area contributed by atoms with Crippen LogP contribution >= 0.6 is 0 Å². The molecule has 0 fully saturated rings. The molecule has 1 aromatic heterocycles. The standard InChI is InChI=1S/C22H31N5O4/c1-15(2)25-22(30)24-13-18-6-8-19(9-7-18)21(29)31-14-20(28)23-10-5-11-27-17(4)12-16(3)26-27/h6-9,12,15H,5,10-11,13-14H2,1-4H3,(H,23,28)(H2,24,25,30). The number of rotatable bonds is 10. The van der Waals surface area contributed by atoms with Gasteiger partial charge in [0.05, 0.1) is 11.3 Å². The second-order valence-corrected chi connectivity index (χ2v) is 7.61. The highest BCUT2D eigenvalue weighted by atomic mass is 16.5. The molecule has 1 heterocycles. The Kier molecular flexibility index (Phi) is 9.05. The first-order valence-electron chi connectivity index (χ1n) is 10.3. The lowest BCUT2D eigenvalue weighted by Gasteiger charge is -2.10. The van der Waals surface area contributed by atoms with Gasteiger partial charge in [-0.3, -0.25) is 9.48 Å². The SMILES string of the molecule is Cc1cc(C)n(CCCNC(=O)COC(=O)c2ccc(CNC(=O)NC(C)C)cc2)n1. The molecule has 0 atom stereocenters. The van der Waals surface area contributed by atoms with Gasteiger partial charge in [0.2, 0.25) is 0 Å². The average Bonchev–Trinajstić information content (AvgIpc) is 3.04. The smallest absolute Gasteiger partial charge is 0.338 e. The van der Waals surface area contributed by atoms with Crippen LogP contribution in [0.5, 0.6) is 0 Å². The van der Waals surface area contributed by atoms with Gasteiger partial charge in [-0.05, 0) is 57.9 Å². The number of hydrogen-bond donors (Lipinski definition) is 3. The molecule has 0 bridgehead atoms. The fourth-order valence-corrected chi connectivity index (χ4v) is 2.88. The van der Waals surface area contributed by atoms with Crippen molar-refractivity contribution in [1.82, 2.24) is 25.7 Å². The average molecular weight is 430 g/mol. The zero-order valence-corrected chi connectivity index (χ0v) is 18.5. The van der Waals surface area contributed by atoms with Gasteiger partial charge >= 0.3 is 12.0 Å². The normalized spacial score (nSPS) is 10.6. The van der Waals surface area contributed by atoms with E-state index in [9.17, 15) is 14.4 Å². The van der Waals surface area contributed by atoms with Crippen molar-refractivity contribution in [2.45, 2.75) is 53.2 Å². The fraction of sp³-hybridized carbons (Fsp3) is 0.455. The monoisotopic (exact) mass is 429 g/mol. The second kappa shape index (κ2) is 11.7. The number of aryl methyl sites for hydroxylation is 3. The van der Waals surface area contributed by atoms with Crippen LogP contribution in [0, 0.1) is 13.8 Å². The number of esters is 1. The van der Waals surface area contributed by atoms with Crippen molar-refractivity contribution in [1.29, 1.82) is 0 Å². The first-order valence-corrected chi connectivity index (χ1v) is 10.3. The Balaban J connectivity index is 1.66. The van der Waals surface area contributed by atoms with E-state index in [0.717, 1.165) is 23.4 Å². The summed E-state index contributed by atoms with van der Waals surface area (Å²) in [5, 5.41) is 12.6. The number of ether oxygens (including phenoxy) is 1. The van der Waals surface area contributed by atoms with Crippen LogP contribution in [0.15, 0.2) is 30.3 Å². The van der Waals surface area contributed by atoms with Crippen LogP contribution in [-0.2, 0) is 22.6 Å². The molecule has 0 spiro atoms. The molecule has 0 radical (unpaired) electrons. The maximum absolute atomic E-state index is 12.1. The van der Waals surface area contributed by atoms with E-state index in [1.54, 1.807) is 24.3 Å². The van der Waals surface area contributed by atoms with E-state index in [-0.39, 0.29) is 24.6 Å². The molecule has 3 amide bonds. The third-order valence-corrected chi connectivity index (χ3v) is 4.37. The Bertz CT molecular complexity index is 890. The summed E-state index contributed by atoms with van der Waals surface area (Å²) in [5.41, 5.74) is 3.23. The molecule has 9 heteroatoms. The highest BCUT2D eigenvalue weighted by molar-refractivity contribution is 5.91. The highest BCUT2D eigenvalue weighted by Gasteiger charge is 2.10. The number of hydrogen-bond acceptors (Lipinski definition) is 5. The molecule has 1 aromatic carbocycles. The van der Waals surface area contributed by atoms with Gasteiger partial charge in [-0.2, -0.15) is 5.10 Å².